The monoisotopic (exact) mass is 352 g/mol. The van der Waals surface area contributed by atoms with E-state index in [4.69, 9.17) is 14.2 Å². The number of benzene rings is 2. The van der Waals surface area contributed by atoms with E-state index in [9.17, 15) is 9.59 Å². The molecule has 0 saturated carbocycles. The number of para-hydroxylation sites is 1. The molecule has 2 aromatic rings. The molecule has 2 aromatic carbocycles. The minimum Gasteiger partial charge on any atom is -0.496 e. The van der Waals surface area contributed by atoms with Crippen molar-refractivity contribution in [1.82, 2.24) is 0 Å². The molecule has 0 fully saturated rings. The lowest BCUT2D eigenvalue weighted by atomic mass is 9.97. The molecule has 0 saturated heterocycles. The standard InChI is InChI=1S/C21H20O5/c1-21(2,3)20(23)25-14-9-10-15-17(12-14)26-18(19(15)22)11-13-7-5-6-8-16(13)24-4/h5-12H,1-4H3. The molecule has 134 valence electrons. The quantitative estimate of drug-likeness (QED) is 0.469. The maximum Gasteiger partial charge on any atom is 0.316 e. The third-order valence-electron chi connectivity index (χ3n) is 3.89. The average Bonchev–Trinajstić information content (AvgIpc) is 2.90. The van der Waals surface area contributed by atoms with Gasteiger partial charge in [-0.05, 0) is 45.0 Å². The molecular formula is C21H20O5. The fourth-order valence-electron chi connectivity index (χ4n) is 2.42. The first-order valence-corrected chi connectivity index (χ1v) is 8.23. The van der Waals surface area contributed by atoms with Crippen LogP contribution in [0.1, 0.15) is 36.7 Å². The smallest absolute Gasteiger partial charge is 0.316 e. The van der Waals surface area contributed by atoms with E-state index in [-0.39, 0.29) is 17.5 Å². The predicted octanol–water partition coefficient (Wildman–Crippen LogP) is 4.26. The zero-order valence-corrected chi connectivity index (χ0v) is 15.2. The van der Waals surface area contributed by atoms with E-state index < -0.39 is 5.41 Å². The molecule has 0 spiro atoms. The molecular weight excluding hydrogens is 332 g/mol. The van der Waals surface area contributed by atoms with Gasteiger partial charge in [0.1, 0.15) is 17.2 Å². The van der Waals surface area contributed by atoms with E-state index in [1.54, 1.807) is 52.2 Å². The van der Waals surface area contributed by atoms with E-state index in [0.29, 0.717) is 22.8 Å². The van der Waals surface area contributed by atoms with E-state index >= 15 is 0 Å². The number of carbonyl (C=O) groups excluding carboxylic acids is 2. The molecule has 0 unspecified atom stereocenters. The molecule has 1 aliphatic rings. The Balaban J connectivity index is 1.87. The fourth-order valence-corrected chi connectivity index (χ4v) is 2.42. The van der Waals surface area contributed by atoms with Crippen LogP contribution in [0, 0.1) is 5.41 Å². The Labute approximate surface area is 152 Å². The Morgan fingerprint density at radius 3 is 2.54 bits per heavy atom. The number of methoxy groups -OCH3 is 1. The molecule has 1 heterocycles. The number of ketones is 1. The van der Waals surface area contributed by atoms with Crippen molar-refractivity contribution in [3.05, 3.63) is 59.4 Å². The first-order valence-electron chi connectivity index (χ1n) is 8.23. The molecule has 5 heteroatoms. The van der Waals surface area contributed by atoms with Gasteiger partial charge in [0.05, 0.1) is 18.1 Å². The second-order valence-electron chi connectivity index (χ2n) is 6.98. The van der Waals surface area contributed by atoms with Crippen LogP contribution in [0.5, 0.6) is 17.2 Å². The average molecular weight is 352 g/mol. The zero-order chi connectivity index (χ0) is 18.9. The predicted molar refractivity (Wildman–Crippen MR) is 97.5 cm³/mol. The summed E-state index contributed by atoms with van der Waals surface area (Å²) in [5.74, 6) is 0.979. The van der Waals surface area contributed by atoms with Crippen molar-refractivity contribution < 1.29 is 23.8 Å². The highest BCUT2D eigenvalue weighted by molar-refractivity contribution is 6.14. The SMILES string of the molecule is COc1ccccc1C=C1Oc2cc(OC(=O)C(C)(C)C)ccc2C1=O. The van der Waals surface area contributed by atoms with E-state index in [1.165, 1.54) is 0 Å². The van der Waals surface area contributed by atoms with Crippen molar-refractivity contribution in [3.63, 3.8) is 0 Å². The Bertz CT molecular complexity index is 903. The van der Waals surface area contributed by atoms with Crippen LogP contribution in [0.4, 0.5) is 0 Å². The first kappa shape index (κ1) is 17.7. The number of fused-ring (bicyclic) bond motifs is 1. The maximum absolute atomic E-state index is 12.6. The van der Waals surface area contributed by atoms with Crippen LogP contribution >= 0.6 is 0 Å². The van der Waals surface area contributed by atoms with E-state index in [1.807, 2.05) is 24.3 Å². The van der Waals surface area contributed by atoms with E-state index in [0.717, 1.165) is 5.56 Å². The lowest BCUT2D eigenvalue weighted by molar-refractivity contribution is -0.143. The second-order valence-corrected chi connectivity index (χ2v) is 6.98. The van der Waals surface area contributed by atoms with Crippen LogP contribution in [0.25, 0.3) is 6.08 Å². The first-order chi connectivity index (χ1) is 12.3. The van der Waals surface area contributed by atoms with Gasteiger partial charge in [-0.1, -0.05) is 18.2 Å². The third-order valence-corrected chi connectivity index (χ3v) is 3.89. The van der Waals surface area contributed by atoms with Gasteiger partial charge in [-0.15, -0.1) is 0 Å². The summed E-state index contributed by atoms with van der Waals surface area (Å²) in [6.45, 7) is 5.32. The molecule has 0 aliphatic carbocycles. The van der Waals surface area contributed by atoms with Crippen LogP contribution in [-0.4, -0.2) is 18.9 Å². The van der Waals surface area contributed by atoms with Gasteiger partial charge in [-0.3, -0.25) is 9.59 Å². The molecule has 1 aliphatic heterocycles. The van der Waals surface area contributed by atoms with Crippen LogP contribution in [0.3, 0.4) is 0 Å². The third kappa shape index (κ3) is 3.47. The van der Waals surface area contributed by atoms with Crippen molar-refractivity contribution in [2.75, 3.05) is 7.11 Å². The summed E-state index contributed by atoms with van der Waals surface area (Å²) >= 11 is 0. The molecule has 0 aromatic heterocycles. The number of rotatable bonds is 3. The van der Waals surface area contributed by atoms with Gasteiger partial charge in [0, 0.05) is 11.6 Å². The highest BCUT2D eigenvalue weighted by Crippen LogP contribution is 2.36. The van der Waals surface area contributed by atoms with Gasteiger partial charge < -0.3 is 14.2 Å². The summed E-state index contributed by atoms with van der Waals surface area (Å²) in [4.78, 5) is 24.6. The number of Topliss-reactive ketones (excluding diaryl/α,β-unsaturated/α-hetero) is 1. The van der Waals surface area contributed by atoms with Crippen molar-refractivity contribution >= 4 is 17.8 Å². The Hall–Kier alpha value is -3.08. The minimum absolute atomic E-state index is 0.198. The summed E-state index contributed by atoms with van der Waals surface area (Å²) < 4.78 is 16.3. The number of hydrogen-bond acceptors (Lipinski definition) is 5. The molecule has 0 atom stereocenters. The molecule has 0 radical (unpaired) electrons. The molecule has 0 N–H and O–H groups in total. The summed E-state index contributed by atoms with van der Waals surface area (Å²) in [5, 5.41) is 0. The maximum atomic E-state index is 12.6. The normalized spacial score (nSPS) is 14.8. The molecule has 5 nitrogen and oxygen atoms in total. The lowest BCUT2D eigenvalue weighted by Crippen LogP contribution is -2.25. The van der Waals surface area contributed by atoms with Gasteiger partial charge in [0.25, 0.3) is 0 Å². The van der Waals surface area contributed by atoms with Crippen molar-refractivity contribution in [3.8, 4) is 17.2 Å². The largest absolute Gasteiger partial charge is 0.496 e. The Kier molecular flexibility index (Phi) is 4.55. The second kappa shape index (κ2) is 6.67. The Morgan fingerprint density at radius 2 is 1.85 bits per heavy atom. The number of carbonyl (C=O) groups is 2. The number of hydrogen-bond donors (Lipinski definition) is 0. The lowest BCUT2D eigenvalue weighted by Gasteiger charge is -2.16. The van der Waals surface area contributed by atoms with Crippen molar-refractivity contribution in [2.45, 2.75) is 20.8 Å². The van der Waals surface area contributed by atoms with Gasteiger partial charge >= 0.3 is 5.97 Å². The fraction of sp³-hybridized carbons (Fsp3) is 0.238. The highest BCUT2D eigenvalue weighted by atomic mass is 16.5. The van der Waals surface area contributed by atoms with Crippen molar-refractivity contribution in [1.29, 1.82) is 0 Å². The van der Waals surface area contributed by atoms with Crippen LogP contribution in [0.15, 0.2) is 48.2 Å². The summed E-state index contributed by atoms with van der Waals surface area (Å²) in [6, 6.07) is 12.1. The van der Waals surface area contributed by atoms with Gasteiger partial charge in [-0.25, -0.2) is 0 Å². The van der Waals surface area contributed by atoms with Gasteiger partial charge in [-0.2, -0.15) is 0 Å². The molecule has 3 rings (SSSR count). The summed E-state index contributed by atoms with van der Waals surface area (Å²) in [6.07, 6.45) is 1.64. The van der Waals surface area contributed by atoms with Crippen molar-refractivity contribution in [2.24, 2.45) is 5.41 Å². The van der Waals surface area contributed by atoms with Gasteiger partial charge in [0.15, 0.2) is 5.76 Å². The highest BCUT2D eigenvalue weighted by Gasteiger charge is 2.29. The summed E-state index contributed by atoms with van der Waals surface area (Å²) in [5.41, 5.74) is 0.553. The topological polar surface area (TPSA) is 61.8 Å². The number of esters is 1. The van der Waals surface area contributed by atoms with Crippen LogP contribution in [0.2, 0.25) is 0 Å². The molecule has 26 heavy (non-hydrogen) atoms. The number of allylic oxidation sites excluding steroid dienone is 1. The molecule has 0 amide bonds. The van der Waals surface area contributed by atoms with Gasteiger partial charge in [0.2, 0.25) is 5.78 Å². The Morgan fingerprint density at radius 1 is 1.12 bits per heavy atom. The molecule has 0 bridgehead atoms. The van der Waals surface area contributed by atoms with Crippen LogP contribution in [-0.2, 0) is 4.79 Å². The summed E-state index contributed by atoms with van der Waals surface area (Å²) in [7, 11) is 1.57. The zero-order valence-electron chi connectivity index (χ0n) is 15.2. The van der Waals surface area contributed by atoms with Crippen LogP contribution < -0.4 is 14.2 Å². The minimum atomic E-state index is -0.620. The number of ether oxygens (including phenoxy) is 3. The van der Waals surface area contributed by atoms with E-state index in [2.05, 4.69) is 0 Å².